The third-order valence-electron chi connectivity index (χ3n) is 4.17. The summed E-state index contributed by atoms with van der Waals surface area (Å²) in [6.07, 6.45) is 3.50. The van der Waals surface area contributed by atoms with Crippen molar-refractivity contribution >= 4 is 23.4 Å². The average molecular weight is 394 g/mol. The number of hydrogen-bond donors (Lipinski definition) is 1. The van der Waals surface area contributed by atoms with Crippen LogP contribution in [0, 0.1) is 0 Å². The number of amides is 1. The highest BCUT2D eigenvalue weighted by atomic mass is 32.2. The first-order valence-electron chi connectivity index (χ1n) is 9.24. The molecule has 1 heterocycles. The number of nitrogens with one attached hydrogen (secondary N) is 1. The maximum Gasteiger partial charge on any atom is 0.227 e. The molecule has 1 amide bonds. The molecule has 0 aliphatic carbocycles. The lowest BCUT2D eigenvalue weighted by Gasteiger charge is -2.09. The van der Waals surface area contributed by atoms with Crippen molar-refractivity contribution < 1.29 is 9.32 Å². The second kappa shape index (κ2) is 9.90. The highest BCUT2D eigenvalue weighted by molar-refractivity contribution is 7.99. The van der Waals surface area contributed by atoms with Gasteiger partial charge < -0.3 is 9.84 Å². The fraction of sp³-hybridized carbons (Fsp3) is 0.227. The molecule has 3 rings (SSSR count). The topological polar surface area (TPSA) is 68.0 Å². The highest BCUT2D eigenvalue weighted by Gasteiger charge is 2.12. The van der Waals surface area contributed by atoms with E-state index in [9.17, 15) is 4.79 Å². The predicted octanol–water partition coefficient (Wildman–Crippen LogP) is 5.15. The molecule has 0 radical (unpaired) electrons. The summed E-state index contributed by atoms with van der Waals surface area (Å²) in [6.45, 7) is 5.84. The maximum absolute atomic E-state index is 12.3. The molecule has 1 N–H and O–H groups in total. The lowest BCUT2D eigenvalue weighted by molar-refractivity contribution is -0.116. The van der Waals surface area contributed by atoms with Crippen molar-refractivity contribution in [2.75, 3.05) is 11.1 Å². The van der Waals surface area contributed by atoms with E-state index in [1.807, 2.05) is 42.5 Å². The summed E-state index contributed by atoms with van der Waals surface area (Å²) in [5.41, 5.74) is 2.97. The summed E-state index contributed by atoms with van der Waals surface area (Å²) in [5.74, 6) is 1.71. The molecule has 0 spiro atoms. The zero-order valence-corrected chi connectivity index (χ0v) is 16.7. The Morgan fingerprint density at radius 1 is 1.21 bits per heavy atom. The number of anilines is 1. The number of carbonyl (C=O) groups excluding carboxylic acids is 1. The first kappa shape index (κ1) is 19.9. The van der Waals surface area contributed by atoms with Gasteiger partial charge in [0.05, 0.1) is 5.69 Å². The molecule has 0 atom stereocenters. The molecule has 0 aliphatic rings. The van der Waals surface area contributed by atoms with Gasteiger partial charge in [0, 0.05) is 29.1 Å². The molecule has 144 valence electrons. The Morgan fingerprint density at radius 3 is 2.75 bits per heavy atom. The van der Waals surface area contributed by atoms with Crippen molar-refractivity contribution in [1.29, 1.82) is 0 Å². The van der Waals surface area contributed by atoms with Crippen LogP contribution in [0.2, 0.25) is 0 Å². The molecular formula is C22H23N3O2S. The molecule has 0 fully saturated rings. The Hall–Kier alpha value is -2.86. The second-order valence-electron chi connectivity index (χ2n) is 6.21. The van der Waals surface area contributed by atoms with Crippen LogP contribution in [0.4, 0.5) is 5.69 Å². The molecule has 1 aromatic heterocycles. The zero-order chi connectivity index (χ0) is 19.8. The molecule has 0 saturated carbocycles. The van der Waals surface area contributed by atoms with Crippen LogP contribution in [0.15, 0.2) is 70.6 Å². The van der Waals surface area contributed by atoms with Gasteiger partial charge in [0.25, 0.3) is 0 Å². The van der Waals surface area contributed by atoms with Gasteiger partial charge in [-0.15, -0.1) is 18.3 Å². The van der Waals surface area contributed by atoms with Crippen molar-refractivity contribution in [3.63, 3.8) is 0 Å². The van der Waals surface area contributed by atoms with Crippen molar-refractivity contribution in [1.82, 2.24) is 10.1 Å². The van der Waals surface area contributed by atoms with Gasteiger partial charge in [-0.3, -0.25) is 4.79 Å². The summed E-state index contributed by atoms with van der Waals surface area (Å²) in [7, 11) is 0. The number of nitrogens with zero attached hydrogens (tertiary/aromatic N) is 2. The molecule has 28 heavy (non-hydrogen) atoms. The quantitative estimate of drug-likeness (QED) is 0.402. The Kier molecular flexibility index (Phi) is 7.03. The van der Waals surface area contributed by atoms with E-state index in [4.69, 9.17) is 4.52 Å². The maximum atomic E-state index is 12.3. The Labute approximate surface area is 169 Å². The van der Waals surface area contributed by atoms with E-state index in [0.29, 0.717) is 18.1 Å². The van der Waals surface area contributed by atoms with Crippen molar-refractivity contribution in [3.8, 4) is 11.4 Å². The van der Waals surface area contributed by atoms with Crippen LogP contribution >= 0.6 is 11.8 Å². The molecule has 2 aromatic carbocycles. The van der Waals surface area contributed by atoms with Crippen LogP contribution in [0.1, 0.15) is 24.8 Å². The largest absolute Gasteiger partial charge is 0.339 e. The van der Waals surface area contributed by atoms with Crippen LogP contribution in [0.25, 0.3) is 11.4 Å². The number of benzene rings is 2. The Morgan fingerprint density at radius 2 is 2.00 bits per heavy atom. The van der Waals surface area contributed by atoms with Gasteiger partial charge in [-0.05, 0) is 24.1 Å². The van der Waals surface area contributed by atoms with Crippen LogP contribution in [0.5, 0.6) is 0 Å². The number of hydrogen-bond acceptors (Lipinski definition) is 5. The monoisotopic (exact) mass is 393 g/mol. The second-order valence-corrected chi connectivity index (χ2v) is 7.27. The van der Waals surface area contributed by atoms with E-state index in [2.05, 4.69) is 41.1 Å². The molecule has 3 aromatic rings. The van der Waals surface area contributed by atoms with Gasteiger partial charge >= 0.3 is 0 Å². The number of aryl methyl sites for hydroxylation is 2. The number of thioether (sulfide) groups is 1. The van der Waals surface area contributed by atoms with Gasteiger partial charge in [0.15, 0.2) is 0 Å². The summed E-state index contributed by atoms with van der Waals surface area (Å²) in [4.78, 5) is 17.7. The first-order chi connectivity index (χ1) is 13.7. The van der Waals surface area contributed by atoms with Crippen molar-refractivity contribution in [3.05, 3.63) is 72.6 Å². The molecule has 0 saturated heterocycles. The van der Waals surface area contributed by atoms with E-state index >= 15 is 0 Å². The Bertz CT molecular complexity index is 935. The van der Waals surface area contributed by atoms with Crippen LogP contribution in [0.3, 0.4) is 0 Å². The normalized spacial score (nSPS) is 10.6. The molecule has 0 bridgehead atoms. The molecular weight excluding hydrogens is 370 g/mol. The van der Waals surface area contributed by atoms with Gasteiger partial charge in [-0.1, -0.05) is 54.6 Å². The third-order valence-corrected chi connectivity index (χ3v) is 5.24. The van der Waals surface area contributed by atoms with Gasteiger partial charge in [-0.2, -0.15) is 4.98 Å². The Balaban J connectivity index is 1.57. The SMILES string of the molecule is C=CCSc1ccccc1NC(=O)CCc1nc(-c2ccc(CC)cc2)no1. The highest BCUT2D eigenvalue weighted by Crippen LogP contribution is 2.27. The third kappa shape index (κ3) is 5.33. The minimum Gasteiger partial charge on any atom is -0.339 e. The van der Waals surface area contributed by atoms with Gasteiger partial charge in [-0.25, -0.2) is 0 Å². The fourth-order valence-corrected chi connectivity index (χ4v) is 3.39. The average Bonchev–Trinajstić information content (AvgIpc) is 3.21. The van der Waals surface area contributed by atoms with E-state index in [0.717, 1.165) is 28.3 Å². The summed E-state index contributed by atoms with van der Waals surface area (Å²) in [5, 5.41) is 6.98. The number of aromatic nitrogens is 2. The van der Waals surface area contributed by atoms with Crippen LogP contribution in [-0.2, 0) is 17.6 Å². The van der Waals surface area contributed by atoms with E-state index in [-0.39, 0.29) is 12.3 Å². The van der Waals surface area contributed by atoms with Gasteiger partial charge in [0.1, 0.15) is 0 Å². The lowest BCUT2D eigenvalue weighted by Crippen LogP contribution is -2.13. The predicted molar refractivity (Wildman–Crippen MR) is 113 cm³/mol. The molecule has 5 nitrogen and oxygen atoms in total. The number of carbonyl (C=O) groups is 1. The summed E-state index contributed by atoms with van der Waals surface area (Å²) < 4.78 is 5.30. The summed E-state index contributed by atoms with van der Waals surface area (Å²) in [6, 6.07) is 15.8. The zero-order valence-electron chi connectivity index (χ0n) is 15.9. The van der Waals surface area contributed by atoms with E-state index in [1.165, 1.54) is 5.56 Å². The summed E-state index contributed by atoms with van der Waals surface area (Å²) >= 11 is 1.63. The standard InChI is InChI=1S/C22H23N3O2S/c1-3-15-28-19-8-6-5-7-18(19)23-20(26)13-14-21-24-22(25-27-21)17-11-9-16(4-2)10-12-17/h3,5-12H,1,4,13-15H2,2H3,(H,23,26). The van der Waals surface area contributed by atoms with Crippen molar-refractivity contribution in [2.24, 2.45) is 0 Å². The van der Waals surface area contributed by atoms with E-state index < -0.39 is 0 Å². The number of rotatable bonds is 9. The van der Waals surface area contributed by atoms with Gasteiger partial charge in [0.2, 0.25) is 17.6 Å². The van der Waals surface area contributed by atoms with E-state index in [1.54, 1.807) is 11.8 Å². The fourth-order valence-electron chi connectivity index (χ4n) is 2.64. The minimum atomic E-state index is -0.0845. The minimum absolute atomic E-state index is 0.0845. The number of para-hydroxylation sites is 1. The molecule has 6 heteroatoms. The first-order valence-corrected chi connectivity index (χ1v) is 10.2. The molecule has 0 aliphatic heterocycles. The lowest BCUT2D eigenvalue weighted by atomic mass is 10.1. The smallest absolute Gasteiger partial charge is 0.227 e. The van der Waals surface area contributed by atoms with Crippen molar-refractivity contribution in [2.45, 2.75) is 31.1 Å². The molecule has 0 unspecified atom stereocenters. The van der Waals surface area contributed by atoms with Crippen LogP contribution in [-0.4, -0.2) is 21.8 Å². The van der Waals surface area contributed by atoms with Crippen LogP contribution < -0.4 is 5.32 Å².